The van der Waals surface area contributed by atoms with Crippen molar-refractivity contribution in [2.75, 3.05) is 13.2 Å². The molecule has 1 fully saturated rings. The zero-order valence-corrected chi connectivity index (χ0v) is 7.84. The Labute approximate surface area is 85.0 Å². The summed E-state index contributed by atoms with van der Waals surface area (Å²) in [5.74, 6) is 0.00676. The van der Waals surface area contributed by atoms with Gasteiger partial charge in [0.2, 0.25) is 0 Å². The highest BCUT2D eigenvalue weighted by molar-refractivity contribution is 5.28. The molecular formula is C10H10F3NO. The first-order valence-electron chi connectivity index (χ1n) is 4.59. The predicted octanol–water partition coefficient (Wildman–Crippen LogP) is 2.32. The topological polar surface area (TPSA) is 21.3 Å². The van der Waals surface area contributed by atoms with Gasteiger partial charge in [-0.1, -0.05) is 18.2 Å². The first kappa shape index (κ1) is 10.4. The highest BCUT2D eigenvalue weighted by Crippen LogP contribution is 2.31. The molecule has 1 aliphatic rings. The van der Waals surface area contributed by atoms with E-state index in [0.717, 1.165) is 6.07 Å². The molecule has 1 atom stereocenters. The summed E-state index contributed by atoms with van der Waals surface area (Å²) in [6.45, 7) is 0.975. The highest BCUT2D eigenvalue weighted by atomic mass is 19.4. The molecule has 15 heavy (non-hydrogen) atoms. The molecule has 1 N–H and O–H groups in total. The number of hydrogen-bond donors (Lipinski definition) is 1. The Balaban J connectivity index is 2.26. The van der Waals surface area contributed by atoms with Crippen molar-refractivity contribution >= 4 is 0 Å². The van der Waals surface area contributed by atoms with Gasteiger partial charge in [0.15, 0.2) is 0 Å². The molecule has 1 aromatic rings. The van der Waals surface area contributed by atoms with Crippen LogP contribution in [-0.4, -0.2) is 13.2 Å². The first-order chi connectivity index (χ1) is 7.07. The molecule has 0 radical (unpaired) electrons. The molecule has 82 valence electrons. The van der Waals surface area contributed by atoms with Crippen LogP contribution in [0.4, 0.5) is 13.2 Å². The van der Waals surface area contributed by atoms with E-state index in [4.69, 9.17) is 4.84 Å². The minimum Gasteiger partial charge on any atom is -0.301 e. The second kappa shape index (κ2) is 3.83. The van der Waals surface area contributed by atoms with Gasteiger partial charge in [-0.05, 0) is 11.6 Å². The molecule has 0 aliphatic carbocycles. The van der Waals surface area contributed by atoms with Gasteiger partial charge in [0.25, 0.3) is 0 Å². The van der Waals surface area contributed by atoms with Crippen molar-refractivity contribution in [3.8, 4) is 0 Å². The maximum atomic E-state index is 12.4. The predicted molar refractivity (Wildman–Crippen MR) is 48.1 cm³/mol. The molecule has 1 unspecified atom stereocenters. The molecule has 0 bridgehead atoms. The largest absolute Gasteiger partial charge is 0.416 e. The van der Waals surface area contributed by atoms with Crippen LogP contribution in [0.15, 0.2) is 24.3 Å². The van der Waals surface area contributed by atoms with Crippen molar-refractivity contribution in [3.63, 3.8) is 0 Å². The number of rotatable bonds is 1. The molecule has 2 nitrogen and oxygen atoms in total. The number of halogens is 3. The standard InChI is InChI=1S/C10H10F3NO/c11-10(12,13)9-3-1-2-7(4-9)8-5-14-15-6-8/h1-4,8,14H,5-6H2. The Morgan fingerprint density at radius 3 is 2.73 bits per heavy atom. The molecule has 0 saturated carbocycles. The molecule has 1 aliphatic heterocycles. The van der Waals surface area contributed by atoms with Crippen molar-refractivity contribution in [1.82, 2.24) is 5.48 Å². The molecule has 0 spiro atoms. The molecule has 5 heteroatoms. The minimum absolute atomic E-state index is 0.00676. The Morgan fingerprint density at radius 2 is 2.13 bits per heavy atom. The second-order valence-electron chi connectivity index (χ2n) is 3.48. The number of benzene rings is 1. The lowest BCUT2D eigenvalue weighted by Crippen LogP contribution is -2.09. The fraction of sp³-hybridized carbons (Fsp3) is 0.400. The van der Waals surface area contributed by atoms with Crippen LogP contribution in [0.2, 0.25) is 0 Å². The SMILES string of the molecule is FC(F)(F)c1cccc(C2CNOC2)c1. The maximum Gasteiger partial charge on any atom is 0.416 e. The lowest BCUT2D eigenvalue weighted by atomic mass is 9.98. The molecule has 1 heterocycles. The Hall–Kier alpha value is -1.07. The number of nitrogens with one attached hydrogen (secondary N) is 1. The maximum absolute atomic E-state index is 12.4. The van der Waals surface area contributed by atoms with Gasteiger partial charge in [-0.25, -0.2) is 5.48 Å². The Kier molecular flexibility index (Phi) is 2.67. The lowest BCUT2D eigenvalue weighted by molar-refractivity contribution is -0.137. The van der Waals surface area contributed by atoms with E-state index in [-0.39, 0.29) is 5.92 Å². The molecule has 1 aromatic carbocycles. The van der Waals surface area contributed by atoms with Gasteiger partial charge < -0.3 is 4.84 Å². The normalized spacial score (nSPS) is 21.9. The van der Waals surface area contributed by atoms with Crippen molar-refractivity contribution in [3.05, 3.63) is 35.4 Å². The fourth-order valence-electron chi connectivity index (χ4n) is 1.56. The van der Waals surface area contributed by atoms with Gasteiger partial charge in [-0.15, -0.1) is 0 Å². The third-order valence-electron chi connectivity index (χ3n) is 2.40. The quantitative estimate of drug-likeness (QED) is 0.779. The molecule has 0 amide bonds. The third kappa shape index (κ3) is 2.30. The second-order valence-corrected chi connectivity index (χ2v) is 3.48. The van der Waals surface area contributed by atoms with Crippen molar-refractivity contribution in [1.29, 1.82) is 0 Å². The van der Waals surface area contributed by atoms with E-state index in [9.17, 15) is 13.2 Å². The van der Waals surface area contributed by atoms with E-state index >= 15 is 0 Å². The summed E-state index contributed by atoms with van der Waals surface area (Å²) < 4.78 is 37.2. The lowest BCUT2D eigenvalue weighted by Gasteiger charge is -2.11. The van der Waals surface area contributed by atoms with E-state index in [2.05, 4.69) is 5.48 Å². The molecule has 0 aromatic heterocycles. The Bertz CT molecular complexity index is 345. The van der Waals surface area contributed by atoms with E-state index in [1.54, 1.807) is 6.07 Å². The van der Waals surface area contributed by atoms with Gasteiger partial charge in [0.05, 0.1) is 12.2 Å². The van der Waals surface area contributed by atoms with Crippen LogP contribution >= 0.6 is 0 Å². The van der Waals surface area contributed by atoms with Crippen LogP contribution in [0.3, 0.4) is 0 Å². The van der Waals surface area contributed by atoms with Gasteiger partial charge >= 0.3 is 6.18 Å². The summed E-state index contributed by atoms with van der Waals surface area (Å²) in [5.41, 5.74) is 2.70. The van der Waals surface area contributed by atoms with Gasteiger partial charge in [0, 0.05) is 12.5 Å². The summed E-state index contributed by atoms with van der Waals surface area (Å²) in [7, 11) is 0. The summed E-state index contributed by atoms with van der Waals surface area (Å²) in [6, 6.07) is 5.38. The van der Waals surface area contributed by atoms with Crippen LogP contribution in [0, 0.1) is 0 Å². The van der Waals surface area contributed by atoms with Crippen LogP contribution in [-0.2, 0) is 11.0 Å². The smallest absolute Gasteiger partial charge is 0.301 e. The van der Waals surface area contributed by atoms with Crippen LogP contribution in [0.25, 0.3) is 0 Å². The molecule has 2 rings (SSSR count). The van der Waals surface area contributed by atoms with E-state index in [1.807, 2.05) is 0 Å². The van der Waals surface area contributed by atoms with Crippen molar-refractivity contribution in [2.24, 2.45) is 0 Å². The number of hydrogen-bond acceptors (Lipinski definition) is 2. The fourth-order valence-corrected chi connectivity index (χ4v) is 1.56. The van der Waals surface area contributed by atoms with E-state index < -0.39 is 11.7 Å². The minimum atomic E-state index is -4.27. The van der Waals surface area contributed by atoms with E-state index in [0.29, 0.717) is 18.7 Å². The van der Waals surface area contributed by atoms with Crippen molar-refractivity contribution < 1.29 is 18.0 Å². The number of hydroxylamine groups is 1. The van der Waals surface area contributed by atoms with E-state index in [1.165, 1.54) is 12.1 Å². The van der Waals surface area contributed by atoms with Crippen LogP contribution < -0.4 is 5.48 Å². The molecule has 1 saturated heterocycles. The van der Waals surface area contributed by atoms with Gasteiger partial charge in [0.1, 0.15) is 0 Å². The summed E-state index contributed by atoms with van der Waals surface area (Å²) in [6.07, 6.45) is -4.27. The van der Waals surface area contributed by atoms with Crippen LogP contribution in [0.5, 0.6) is 0 Å². The van der Waals surface area contributed by atoms with Crippen LogP contribution in [0.1, 0.15) is 17.0 Å². The number of alkyl halides is 3. The van der Waals surface area contributed by atoms with Gasteiger partial charge in [-0.2, -0.15) is 13.2 Å². The first-order valence-corrected chi connectivity index (χ1v) is 4.59. The van der Waals surface area contributed by atoms with Gasteiger partial charge in [-0.3, -0.25) is 0 Å². The highest BCUT2D eigenvalue weighted by Gasteiger charge is 2.31. The third-order valence-corrected chi connectivity index (χ3v) is 2.40. The average molecular weight is 217 g/mol. The zero-order valence-electron chi connectivity index (χ0n) is 7.84. The summed E-state index contributed by atoms with van der Waals surface area (Å²) in [5, 5.41) is 0. The molecular weight excluding hydrogens is 207 g/mol. The zero-order chi connectivity index (χ0) is 10.9. The Morgan fingerprint density at radius 1 is 1.33 bits per heavy atom. The summed E-state index contributed by atoms with van der Waals surface area (Å²) in [4.78, 5) is 4.91. The summed E-state index contributed by atoms with van der Waals surface area (Å²) >= 11 is 0. The average Bonchev–Trinajstić information content (AvgIpc) is 2.69. The monoisotopic (exact) mass is 217 g/mol. The van der Waals surface area contributed by atoms with Crippen molar-refractivity contribution in [2.45, 2.75) is 12.1 Å².